The Kier molecular flexibility index (Phi) is 6.71. The summed E-state index contributed by atoms with van der Waals surface area (Å²) >= 11 is -0.308. The van der Waals surface area contributed by atoms with Crippen LogP contribution in [0.2, 0.25) is 0 Å². The van der Waals surface area contributed by atoms with E-state index < -0.39 is 17.6 Å². The molecule has 0 bridgehead atoms. The van der Waals surface area contributed by atoms with E-state index >= 15 is 0 Å². The van der Waals surface area contributed by atoms with Gasteiger partial charge in [-0.05, 0) is 6.42 Å². The summed E-state index contributed by atoms with van der Waals surface area (Å²) in [5.41, 5.74) is 0. The van der Waals surface area contributed by atoms with Gasteiger partial charge in [0.1, 0.15) is 12.0 Å². The van der Waals surface area contributed by atoms with Crippen molar-refractivity contribution in [1.29, 1.82) is 0 Å². The number of hydrogen-bond acceptors (Lipinski definition) is 6. The number of alkyl halides is 2. The van der Waals surface area contributed by atoms with Crippen molar-refractivity contribution in [2.45, 2.75) is 25.0 Å². The third kappa shape index (κ3) is 8.17. The van der Waals surface area contributed by atoms with Crippen LogP contribution in [0.1, 0.15) is 19.8 Å². The van der Waals surface area contributed by atoms with Gasteiger partial charge in [-0.15, -0.1) is 4.33 Å². The minimum absolute atomic E-state index is 0.00559. The Morgan fingerprint density at radius 1 is 1.57 bits per heavy atom. The Morgan fingerprint density at radius 2 is 2.21 bits per heavy atom. The molecule has 0 aliphatic carbocycles. The van der Waals surface area contributed by atoms with Crippen molar-refractivity contribution in [3.63, 3.8) is 0 Å². The molecule has 0 saturated carbocycles. The number of carbonyl (C=O) groups is 1. The van der Waals surface area contributed by atoms with Gasteiger partial charge in [0.15, 0.2) is 0 Å². The Morgan fingerprint density at radius 3 is 2.71 bits per heavy atom. The number of ether oxygens (including phenoxy) is 1. The molecule has 0 aromatic rings. The Balaban J connectivity index is 3.49. The molecular formula is C6H10F2O5S. The number of esters is 1. The third-order valence-corrected chi connectivity index (χ3v) is 1.68. The summed E-state index contributed by atoms with van der Waals surface area (Å²) in [5.74, 6) is -0.518. The van der Waals surface area contributed by atoms with Crippen molar-refractivity contribution < 1.29 is 32.9 Å². The fourth-order valence-corrected chi connectivity index (χ4v) is 0.958. The van der Waals surface area contributed by atoms with Crippen molar-refractivity contribution in [2.24, 2.45) is 0 Å². The highest BCUT2D eigenvalue weighted by atomic mass is 32.2. The predicted molar refractivity (Wildman–Crippen MR) is 43.2 cm³/mol. The van der Waals surface area contributed by atoms with Crippen molar-refractivity contribution in [1.82, 2.24) is 0 Å². The van der Waals surface area contributed by atoms with Gasteiger partial charge in [-0.2, -0.15) is 8.78 Å². The van der Waals surface area contributed by atoms with Gasteiger partial charge in [0.05, 0.1) is 6.61 Å². The van der Waals surface area contributed by atoms with Gasteiger partial charge in [-0.3, -0.25) is 4.79 Å². The maximum atomic E-state index is 12.6. The van der Waals surface area contributed by atoms with E-state index in [2.05, 4.69) is 14.1 Å². The average Bonchev–Trinajstić information content (AvgIpc) is 2.09. The molecule has 0 aromatic carbocycles. The summed E-state index contributed by atoms with van der Waals surface area (Å²) in [5, 5.41) is 7.46. The van der Waals surface area contributed by atoms with Crippen molar-refractivity contribution >= 4 is 18.0 Å². The normalized spacial score (nSPS) is 11.4. The average molecular weight is 232 g/mol. The molecule has 0 saturated heterocycles. The smallest absolute Gasteiger partial charge is 0.321 e. The molecule has 0 heterocycles. The predicted octanol–water partition coefficient (Wildman–Crippen LogP) is 1.99. The lowest BCUT2D eigenvalue weighted by Crippen LogP contribution is -2.13. The maximum absolute atomic E-state index is 12.6. The second kappa shape index (κ2) is 6.93. The molecule has 14 heavy (non-hydrogen) atoms. The standard InChI is InChI=1S/C6H10F2O5S/c1-5(9)11-4-2-3-6(7,8)14-13-12-10/h10H,2-4H2,1H3. The molecule has 0 unspecified atom stereocenters. The molecule has 5 nitrogen and oxygen atoms in total. The highest BCUT2D eigenvalue weighted by Crippen LogP contribution is 2.34. The summed E-state index contributed by atoms with van der Waals surface area (Å²) in [4.78, 5) is 10.2. The molecule has 8 heteroatoms. The number of carbonyl (C=O) groups excluding carboxylic acids is 1. The summed E-state index contributed by atoms with van der Waals surface area (Å²) < 4.78 is 33.3. The van der Waals surface area contributed by atoms with Gasteiger partial charge in [0.2, 0.25) is 0 Å². The van der Waals surface area contributed by atoms with E-state index in [1.54, 1.807) is 0 Å². The van der Waals surface area contributed by atoms with Crippen molar-refractivity contribution in [2.75, 3.05) is 6.61 Å². The van der Waals surface area contributed by atoms with Crippen LogP contribution < -0.4 is 0 Å². The van der Waals surface area contributed by atoms with E-state index in [1.165, 1.54) is 6.92 Å². The quantitative estimate of drug-likeness (QED) is 0.238. The lowest BCUT2D eigenvalue weighted by Gasteiger charge is -2.12. The number of rotatable bonds is 7. The van der Waals surface area contributed by atoms with Gasteiger partial charge >= 0.3 is 11.2 Å². The minimum Gasteiger partial charge on any atom is -0.466 e. The van der Waals surface area contributed by atoms with Crippen LogP contribution in [0.4, 0.5) is 8.78 Å². The molecule has 0 aromatic heterocycles. The molecular weight excluding hydrogens is 222 g/mol. The first-order valence-corrected chi connectivity index (χ1v) is 4.39. The lowest BCUT2D eigenvalue weighted by atomic mass is 10.3. The van der Waals surface area contributed by atoms with E-state index in [0.29, 0.717) is 0 Å². The van der Waals surface area contributed by atoms with Crippen LogP contribution in [0.15, 0.2) is 0 Å². The van der Waals surface area contributed by atoms with Gasteiger partial charge in [0, 0.05) is 13.3 Å². The van der Waals surface area contributed by atoms with Crippen LogP contribution >= 0.6 is 12.0 Å². The highest BCUT2D eigenvalue weighted by molar-refractivity contribution is 7.95. The van der Waals surface area contributed by atoms with Gasteiger partial charge in [-0.25, -0.2) is 5.26 Å². The Bertz CT molecular complexity index is 178. The fourth-order valence-electron chi connectivity index (χ4n) is 0.601. The fraction of sp³-hybridized carbons (Fsp3) is 0.833. The van der Waals surface area contributed by atoms with Crippen LogP contribution in [-0.4, -0.2) is 23.1 Å². The zero-order valence-electron chi connectivity index (χ0n) is 7.37. The first-order valence-electron chi connectivity index (χ1n) is 3.65. The summed E-state index contributed by atoms with van der Waals surface area (Å²) in [7, 11) is 0. The Labute approximate surface area is 83.4 Å². The zero-order valence-corrected chi connectivity index (χ0v) is 8.18. The monoisotopic (exact) mass is 232 g/mol. The first kappa shape index (κ1) is 13.6. The van der Waals surface area contributed by atoms with Crippen LogP contribution in [-0.2, 0) is 18.9 Å². The highest BCUT2D eigenvalue weighted by Gasteiger charge is 2.31. The van der Waals surface area contributed by atoms with E-state index in [9.17, 15) is 13.6 Å². The van der Waals surface area contributed by atoms with Crippen molar-refractivity contribution in [3.8, 4) is 0 Å². The second-order valence-corrected chi connectivity index (χ2v) is 3.21. The van der Waals surface area contributed by atoms with E-state index in [-0.39, 0.29) is 25.1 Å². The lowest BCUT2D eigenvalue weighted by molar-refractivity contribution is -0.433. The molecule has 0 spiro atoms. The number of hydrogen-bond donors (Lipinski definition) is 1. The summed E-state index contributed by atoms with van der Waals surface area (Å²) in [6, 6.07) is 0. The van der Waals surface area contributed by atoms with Crippen LogP contribution in [0, 0.1) is 0 Å². The molecule has 0 aliphatic rings. The minimum atomic E-state index is -3.19. The van der Waals surface area contributed by atoms with Gasteiger partial charge < -0.3 is 4.74 Å². The van der Waals surface area contributed by atoms with Gasteiger partial charge in [0.25, 0.3) is 0 Å². The van der Waals surface area contributed by atoms with Crippen LogP contribution in [0.25, 0.3) is 0 Å². The topological polar surface area (TPSA) is 65.0 Å². The first-order chi connectivity index (χ1) is 6.48. The number of halogens is 2. The van der Waals surface area contributed by atoms with Crippen molar-refractivity contribution in [3.05, 3.63) is 0 Å². The molecule has 0 aliphatic heterocycles. The molecule has 84 valence electrons. The largest absolute Gasteiger partial charge is 0.466 e. The zero-order chi connectivity index (χ0) is 11.0. The summed E-state index contributed by atoms with van der Waals surface area (Å²) in [6.07, 6.45) is -0.553. The molecule has 0 rings (SSSR count). The molecule has 0 fully saturated rings. The molecule has 0 amide bonds. The SMILES string of the molecule is CC(=O)OCCCC(F)(F)SOOO. The van der Waals surface area contributed by atoms with Crippen LogP contribution in [0.3, 0.4) is 0 Å². The van der Waals surface area contributed by atoms with E-state index in [1.807, 2.05) is 0 Å². The van der Waals surface area contributed by atoms with Gasteiger partial charge in [-0.1, -0.05) is 5.04 Å². The second-order valence-electron chi connectivity index (χ2n) is 2.31. The van der Waals surface area contributed by atoms with E-state index in [0.717, 1.165) is 0 Å². The molecule has 1 N–H and O–H groups in total. The Hall–Kier alpha value is -0.440. The maximum Gasteiger partial charge on any atom is 0.321 e. The van der Waals surface area contributed by atoms with Crippen LogP contribution in [0.5, 0.6) is 0 Å². The summed E-state index contributed by atoms with van der Waals surface area (Å²) in [6.45, 7) is 1.11. The van der Waals surface area contributed by atoms with E-state index in [4.69, 9.17) is 5.26 Å². The molecule has 0 atom stereocenters. The third-order valence-electron chi connectivity index (χ3n) is 1.10. The molecule has 0 radical (unpaired) electrons.